The highest BCUT2D eigenvalue weighted by Crippen LogP contribution is 2.18. The van der Waals surface area contributed by atoms with Crippen LogP contribution in [0.4, 0.5) is 0 Å². The Balaban J connectivity index is 2.26. The number of aliphatic hydroxyl groups is 1. The van der Waals surface area contributed by atoms with Crippen LogP contribution in [0.2, 0.25) is 0 Å². The molecule has 1 aliphatic heterocycles. The van der Waals surface area contributed by atoms with Gasteiger partial charge in [0.05, 0.1) is 0 Å². The van der Waals surface area contributed by atoms with E-state index in [1.165, 1.54) is 0 Å². The second-order valence-corrected chi connectivity index (χ2v) is 4.73. The molecule has 0 aromatic heterocycles. The minimum absolute atomic E-state index is 0.0615. The molecule has 1 rings (SSSR count). The smallest absolute Gasteiger partial charge is 0.223 e. The van der Waals surface area contributed by atoms with Crippen molar-refractivity contribution in [1.29, 1.82) is 0 Å². The predicted molar refractivity (Wildman–Crippen MR) is 68.9 cm³/mol. The van der Waals surface area contributed by atoms with E-state index in [0.29, 0.717) is 32.5 Å². The number of carbonyl (C=O) groups excluding carboxylic acids is 2. The highest BCUT2D eigenvalue weighted by Gasteiger charge is 2.26. The Labute approximate surface area is 109 Å². The van der Waals surface area contributed by atoms with E-state index in [9.17, 15) is 9.59 Å². The number of unbranched alkanes of at least 4 members (excludes halogenated alkanes) is 1. The minimum atomic E-state index is 0.0615. The lowest BCUT2D eigenvalue weighted by molar-refractivity contribution is -0.135. The molecule has 1 saturated heterocycles. The van der Waals surface area contributed by atoms with E-state index >= 15 is 0 Å². The third kappa shape index (κ3) is 4.64. The Morgan fingerprint density at radius 2 is 1.94 bits per heavy atom. The van der Waals surface area contributed by atoms with Crippen molar-refractivity contribution >= 4 is 11.8 Å². The number of carbonyl (C=O) groups is 2. The summed E-state index contributed by atoms with van der Waals surface area (Å²) in [7, 11) is 0. The van der Waals surface area contributed by atoms with Gasteiger partial charge in [-0.2, -0.15) is 0 Å². The number of rotatable bonds is 6. The van der Waals surface area contributed by atoms with Crippen LogP contribution in [0.15, 0.2) is 0 Å². The molecule has 0 aromatic rings. The number of hydrogen-bond donors (Lipinski definition) is 2. The molecule has 0 radical (unpaired) electrons. The van der Waals surface area contributed by atoms with Gasteiger partial charge in [-0.25, -0.2) is 0 Å². The van der Waals surface area contributed by atoms with Crippen LogP contribution in [-0.4, -0.2) is 48.1 Å². The maximum Gasteiger partial charge on any atom is 0.223 e. The molecule has 5 nitrogen and oxygen atoms in total. The number of nitrogens with zero attached hydrogens (tertiary/aromatic N) is 1. The van der Waals surface area contributed by atoms with E-state index in [1.807, 2.05) is 11.8 Å². The average molecular weight is 256 g/mol. The van der Waals surface area contributed by atoms with E-state index in [4.69, 9.17) is 5.11 Å². The van der Waals surface area contributed by atoms with Gasteiger partial charge in [0.15, 0.2) is 0 Å². The first-order chi connectivity index (χ1) is 8.69. The fraction of sp³-hybridized carbons (Fsp3) is 0.846. The lowest BCUT2D eigenvalue weighted by Crippen LogP contribution is -2.42. The number of amides is 2. The Morgan fingerprint density at radius 3 is 2.50 bits per heavy atom. The van der Waals surface area contributed by atoms with E-state index < -0.39 is 0 Å². The SMILES string of the molecule is CCNC(=O)C1CCN(C(=O)CCCCO)CC1. The lowest BCUT2D eigenvalue weighted by Gasteiger charge is -2.31. The Bertz CT molecular complexity index is 273. The lowest BCUT2D eigenvalue weighted by atomic mass is 9.95. The van der Waals surface area contributed by atoms with Crippen LogP contribution in [0, 0.1) is 5.92 Å². The van der Waals surface area contributed by atoms with E-state index in [2.05, 4.69) is 5.32 Å². The predicted octanol–water partition coefficient (Wildman–Crippen LogP) is 0.524. The molecule has 0 spiro atoms. The summed E-state index contributed by atoms with van der Waals surface area (Å²) in [6.07, 6.45) is 3.45. The van der Waals surface area contributed by atoms with Crippen molar-refractivity contribution < 1.29 is 14.7 Å². The third-order valence-electron chi connectivity index (χ3n) is 3.37. The van der Waals surface area contributed by atoms with Gasteiger partial charge < -0.3 is 15.3 Å². The molecule has 1 aliphatic rings. The highest BCUT2D eigenvalue weighted by molar-refractivity contribution is 5.80. The van der Waals surface area contributed by atoms with Gasteiger partial charge in [0.25, 0.3) is 0 Å². The van der Waals surface area contributed by atoms with Crippen LogP contribution in [0.25, 0.3) is 0 Å². The summed E-state index contributed by atoms with van der Waals surface area (Å²) in [5.74, 6) is 0.328. The van der Waals surface area contributed by atoms with Gasteiger partial charge in [-0.15, -0.1) is 0 Å². The minimum Gasteiger partial charge on any atom is -0.396 e. The average Bonchev–Trinajstić information content (AvgIpc) is 2.39. The number of likely N-dealkylation sites (tertiary alicyclic amines) is 1. The van der Waals surface area contributed by atoms with Gasteiger partial charge in [0.2, 0.25) is 11.8 Å². The number of nitrogens with one attached hydrogen (secondary N) is 1. The second kappa shape index (κ2) is 8.08. The van der Waals surface area contributed by atoms with Crippen molar-refractivity contribution in [3.63, 3.8) is 0 Å². The summed E-state index contributed by atoms with van der Waals surface area (Å²) < 4.78 is 0. The molecule has 5 heteroatoms. The van der Waals surface area contributed by atoms with Crippen molar-refractivity contribution in [3.8, 4) is 0 Å². The van der Waals surface area contributed by atoms with Crippen molar-refractivity contribution in [3.05, 3.63) is 0 Å². The molecule has 2 amide bonds. The molecule has 2 N–H and O–H groups in total. The van der Waals surface area contributed by atoms with E-state index in [0.717, 1.165) is 19.3 Å². The maximum atomic E-state index is 11.8. The first-order valence-electron chi connectivity index (χ1n) is 6.85. The Morgan fingerprint density at radius 1 is 1.28 bits per heavy atom. The summed E-state index contributed by atoms with van der Waals surface area (Å²) >= 11 is 0. The second-order valence-electron chi connectivity index (χ2n) is 4.73. The van der Waals surface area contributed by atoms with Crippen LogP contribution in [0.1, 0.15) is 39.0 Å². The van der Waals surface area contributed by atoms with Crippen molar-refractivity contribution in [1.82, 2.24) is 10.2 Å². The normalized spacial score (nSPS) is 16.7. The van der Waals surface area contributed by atoms with Crippen molar-refractivity contribution in [2.45, 2.75) is 39.0 Å². The molecule has 0 unspecified atom stereocenters. The number of aliphatic hydroxyl groups excluding tert-OH is 1. The van der Waals surface area contributed by atoms with Crippen LogP contribution in [0.5, 0.6) is 0 Å². The van der Waals surface area contributed by atoms with Gasteiger partial charge in [-0.1, -0.05) is 0 Å². The molecule has 0 saturated carbocycles. The quantitative estimate of drug-likeness (QED) is 0.681. The molecule has 104 valence electrons. The Kier molecular flexibility index (Phi) is 6.72. The summed E-state index contributed by atoms with van der Waals surface area (Å²) in [5, 5.41) is 11.5. The first-order valence-corrected chi connectivity index (χ1v) is 6.85. The number of piperidine rings is 1. The monoisotopic (exact) mass is 256 g/mol. The topological polar surface area (TPSA) is 69.6 Å². The van der Waals surface area contributed by atoms with Crippen LogP contribution >= 0.6 is 0 Å². The highest BCUT2D eigenvalue weighted by atomic mass is 16.3. The fourth-order valence-electron chi connectivity index (χ4n) is 2.26. The summed E-state index contributed by atoms with van der Waals surface area (Å²) in [6.45, 7) is 4.09. The zero-order valence-electron chi connectivity index (χ0n) is 11.2. The summed E-state index contributed by atoms with van der Waals surface area (Å²) in [6, 6.07) is 0. The maximum absolute atomic E-state index is 11.8. The molecule has 0 atom stereocenters. The van der Waals surface area contributed by atoms with Gasteiger partial charge in [-0.05, 0) is 32.6 Å². The molecule has 0 bridgehead atoms. The molecule has 1 fully saturated rings. The Hall–Kier alpha value is -1.10. The molecule has 0 aromatic carbocycles. The van der Waals surface area contributed by atoms with E-state index in [-0.39, 0.29) is 24.3 Å². The molecule has 18 heavy (non-hydrogen) atoms. The van der Waals surface area contributed by atoms with Gasteiger partial charge >= 0.3 is 0 Å². The van der Waals surface area contributed by atoms with Crippen molar-refractivity contribution in [2.24, 2.45) is 5.92 Å². The van der Waals surface area contributed by atoms with E-state index in [1.54, 1.807) is 0 Å². The van der Waals surface area contributed by atoms with Crippen LogP contribution in [-0.2, 0) is 9.59 Å². The molecular formula is C13H24N2O3. The van der Waals surface area contributed by atoms with Gasteiger partial charge in [-0.3, -0.25) is 9.59 Å². The standard InChI is InChI=1S/C13H24N2O3/c1-2-14-13(18)11-6-8-15(9-7-11)12(17)5-3-4-10-16/h11,16H,2-10H2,1H3,(H,14,18). The van der Waals surface area contributed by atoms with Crippen molar-refractivity contribution in [2.75, 3.05) is 26.2 Å². The molecule has 1 heterocycles. The summed E-state index contributed by atoms with van der Waals surface area (Å²) in [4.78, 5) is 25.3. The first kappa shape index (κ1) is 15.0. The largest absolute Gasteiger partial charge is 0.396 e. The zero-order valence-corrected chi connectivity index (χ0v) is 11.2. The van der Waals surface area contributed by atoms with Crippen LogP contribution in [0.3, 0.4) is 0 Å². The molecule has 0 aliphatic carbocycles. The van der Waals surface area contributed by atoms with Crippen LogP contribution < -0.4 is 5.32 Å². The van der Waals surface area contributed by atoms with Gasteiger partial charge in [0, 0.05) is 38.6 Å². The number of hydrogen-bond acceptors (Lipinski definition) is 3. The zero-order chi connectivity index (χ0) is 13.4. The summed E-state index contributed by atoms with van der Waals surface area (Å²) in [5.41, 5.74) is 0. The third-order valence-corrected chi connectivity index (χ3v) is 3.37. The van der Waals surface area contributed by atoms with Gasteiger partial charge in [0.1, 0.15) is 0 Å². The fourth-order valence-corrected chi connectivity index (χ4v) is 2.26. The molecular weight excluding hydrogens is 232 g/mol.